The van der Waals surface area contributed by atoms with Gasteiger partial charge in [-0.15, -0.1) is 0 Å². The lowest BCUT2D eigenvalue weighted by Gasteiger charge is -2.41. The molecular weight excluding hydrogens is 382 g/mol. The topological polar surface area (TPSA) is 63.3 Å². The fourth-order valence-corrected chi connectivity index (χ4v) is 4.82. The summed E-state index contributed by atoms with van der Waals surface area (Å²) >= 11 is 0. The van der Waals surface area contributed by atoms with Crippen LogP contribution in [0.5, 0.6) is 11.5 Å². The zero-order valence-electron chi connectivity index (χ0n) is 18.3. The Morgan fingerprint density at radius 1 is 1.17 bits per heavy atom. The van der Waals surface area contributed by atoms with Gasteiger partial charge in [0.2, 0.25) is 6.79 Å². The van der Waals surface area contributed by atoms with E-state index >= 15 is 0 Å². The number of benzene rings is 1. The van der Waals surface area contributed by atoms with Crippen LogP contribution in [0.3, 0.4) is 0 Å². The van der Waals surface area contributed by atoms with Crippen molar-refractivity contribution in [2.45, 2.75) is 45.7 Å². The quantitative estimate of drug-likeness (QED) is 0.771. The summed E-state index contributed by atoms with van der Waals surface area (Å²) in [7, 11) is 0. The third-order valence-corrected chi connectivity index (χ3v) is 6.92. The highest BCUT2D eigenvalue weighted by Gasteiger charge is 2.34. The smallest absolute Gasteiger partial charge is 0.318 e. The van der Waals surface area contributed by atoms with Crippen molar-refractivity contribution in [2.24, 2.45) is 11.8 Å². The van der Waals surface area contributed by atoms with E-state index in [4.69, 9.17) is 14.2 Å². The molecule has 2 aliphatic heterocycles. The molecule has 166 valence electrons. The Morgan fingerprint density at radius 3 is 2.80 bits per heavy atom. The highest BCUT2D eigenvalue weighted by molar-refractivity contribution is 5.74. The summed E-state index contributed by atoms with van der Waals surface area (Å²) in [6, 6.07) is 6.28. The van der Waals surface area contributed by atoms with Gasteiger partial charge >= 0.3 is 6.03 Å². The van der Waals surface area contributed by atoms with Crippen molar-refractivity contribution < 1.29 is 19.0 Å². The number of carbonyl (C=O) groups is 1. The molecule has 4 rings (SSSR count). The zero-order valence-corrected chi connectivity index (χ0v) is 18.3. The molecule has 0 aromatic heterocycles. The van der Waals surface area contributed by atoms with Gasteiger partial charge in [0.15, 0.2) is 11.5 Å². The minimum atomic E-state index is 0.0341. The molecule has 1 saturated carbocycles. The van der Waals surface area contributed by atoms with E-state index in [1.807, 2.05) is 18.2 Å². The minimum absolute atomic E-state index is 0.0341. The van der Waals surface area contributed by atoms with Gasteiger partial charge in [-0.05, 0) is 36.0 Å². The maximum Gasteiger partial charge on any atom is 0.318 e. The Bertz CT molecular complexity index is 722. The summed E-state index contributed by atoms with van der Waals surface area (Å²) in [5, 5.41) is 3.18. The van der Waals surface area contributed by atoms with E-state index in [-0.39, 0.29) is 18.9 Å². The number of fused-ring (bicyclic) bond motifs is 1. The molecule has 0 bridgehead atoms. The molecule has 1 aliphatic carbocycles. The Balaban J connectivity index is 1.43. The lowest BCUT2D eigenvalue weighted by atomic mass is 9.77. The molecule has 2 amide bonds. The van der Waals surface area contributed by atoms with Gasteiger partial charge in [0, 0.05) is 38.8 Å². The van der Waals surface area contributed by atoms with Crippen LogP contribution in [0.1, 0.15) is 38.7 Å². The lowest BCUT2D eigenvalue weighted by molar-refractivity contribution is 0.0382. The summed E-state index contributed by atoms with van der Waals surface area (Å²) in [5.41, 5.74) is 1.08. The van der Waals surface area contributed by atoms with Crippen LogP contribution in [-0.2, 0) is 11.3 Å². The summed E-state index contributed by atoms with van der Waals surface area (Å²) in [6.45, 7) is 10.4. The second kappa shape index (κ2) is 9.88. The average molecular weight is 418 g/mol. The van der Waals surface area contributed by atoms with Crippen molar-refractivity contribution >= 4 is 6.03 Å². The van der Waals surface area contributed by atoms with Gasteiger partial charge in [0.05, 0.1) is 13.2 Å². The molecule has 0 unspecified atom stereocenters. The van der Waals surface area contributed by atoms with E-state index in [2.05, 4.69) is 29.0 Å². The van der Waals surface area contributed by atoms with Gasteiger partial charge in [-0.1, -0.05) is 32.8 Å². The maximum absolute atomic E-state index is 13.3. The van der Waals surface area contributed by atoms with Gasteiger partial charge in [0.25, 0.3) is 0 Å². The number of urea groups is 1. The standard InChI is InChI=1S/C23H35N3O4/c1-17-4-3-5-20(18(17)2)26(15-19-6-7-21-22(14-19)30-16-29-21)23(27)24-8-9-25-10-12-28-13-11-25/h6-7,14,17-18,20H,3-5,8-13,15-16H2,1-2H3,(H,24,27)/t17-,18+,20+/m1/s1. The van der Waals surface area contributed by atoms with Gasteiger partial charge < -0.3 is 24.4 Å². The van der Waals surface area contributed by atoms with Crippen molar-refractivity contribution in [2.75, 3.05) is 46.2 Å². The van der Waals surface area contributed by atoms with Crippen molar-refractivity contribution in [3.8, 4) is 11.5 Å². The number of nitrogens with zero attached hydrogens (tertiary/aromatic N) is 2. The SMILES string of the molecule is C[C@H]1[C@H](C)CCC[C@@H]1N(Cc1ccc2c(c1)OCO2)C(=O)NCCN1CCOCC1. The number of ether oxygens (including phenoxy) is 3. The first-order valence-corrected chi connectivity index (χ1v) is 11.3. The molecule has 0 radical (unpaired) electrons. The number of rotatable bonds is 6. The highest BCUT2D eigenvalue weighted by atomic mass is 16.7. The normalized spacial score (nSPS) is 26.4. The highest BCUT2D eigenvalue weighted by Crippen LogP contribution is 2.36. The second-order valence-electron chi connectivity index (χ2n) is 8.84. The Labute approximate surface area is 179 Å². The second-order valence-corrected chi connectivity index (χ2v) is 8.84. The van der Waals surface area contributed by atoms with Gasteiger partial charge in [-0.25, -0.2) is 4.79 Å². The maximum atomic E-state index is 13.3. The van der Waals surface area contributed by atoms with Crippen LogP contribution in [-0.4, -0.2) is 68.1 Å². The van der Waals surface area contributed by atoms with E-state index in [0.717, 1.165) is 56.3 Å². The van der Waals surface area contributed by atoms with E-state index in [1.165, 1.54) is 12.8 Å². The number of amides is 2. The number of carbonyl (C=O) groups excluding carboxylic acids is 1. The molecule has 0 spiro atoms. The van der Waals surface area contributed by atoms with Gasteiger partial charge in [0.1, 0.15) is 0 Å². The molecule has 3 aliphatic rings. The molecule has 30 heavy (non-hydrogen) atoms. The van der Waals surface area contributed by atoms with Crippen LogP contribution in [0.4, 0.5) is 4.79 Å². The molecular formula is C23H35N3O4. The number of morpholine rings is 1. The molecule has 1 aromatic rings. The predicted octanol–water partition coefficient (Wildman–Crippen LogP) is 3.08. The van der Waals surface area contributed by atoms with Crippen molar-refractivity contribution in [3.63, 3.8) is 0 Å². The lowest BCUT2D eigenvalue weighted by Crippen LogP contribution is -2.52. The largest absolute Gasteiger partial charge is 0.454 e. The van der Waals surface area contributed by atoms with Crippen LogP contribution < -0.4 is 14.8 Å². The van der Waals surface area contributed by atoms with Crippen LogP contribution in [0.25, 0.3) is 0 Å². The minimum Gasteiger partial charge on any atom is -0.454 e. The Morgan fingerprint density at radius 2 is 1.97 bits per heavy atom. The predicted molar refractivity (Wildman–Crippen MR) is 115 cm³/mol. The third kappa shape index (κ3) is 5.01. The summed E-state index contributed by atoms with van der Waals surface area (Å²) in [5.74, 6) is 2.66. The first-order valence-electron chi connectivity index (χ1n) is 11.3. The fraction of sp³-hybridized carbons (Fsp3) is 0.696. The van der Waals surface area contributed by atoms with E-state index in [0.29, 0.717) is 24.9 Å². The van der Waals surface area contributed by atoms with Crippen LogP contribution in [0.2, 0.25) is 0 Å². The van der Waals surface area contributed by atoms with Crippen molar-refractivity contribution in [1.29, 1.82) is 0 Å². The van der Waals surface area contributed by atoms with Gasteiger partial charge in [-0.3, -0.25) is 4.90 Å². The Kier molecular flexibility index (Phi) is 7.00. The van der Waals surface area contributed by atoms with Gasteiger partial charge in [-0.2, -0.15) is 0 Å². The van der Waals surface area contributed by atoms with Crippen LogP contribution in [0, 0.1) is 11.8 Å². The summed E-state index contributed by atoms with van der Waals surface area (Å²) in [6.07, 6.45) is 3.48. The molecule has 1 aromatic carbocycles. The first kappa shape index (κ1) is 21.2. The fourth-order valence-electron chi connectivity index (χ4n) is 4.82. The molecule has 2 fully saturated rings. The van der Waals surface area contributed by atoms with Crippen LogP contribution >= 0.6 is 0 Å². The zero-order chi connectivity index (χ0) is 20.9. The monoisotopic (exact) mass is 417 g/mol. The molecule has 7 nitrogen and oxygen atoms in total. The summed E-state index contributed by atoms with van der Waals surface area (Å²) in [4.78, 5) is 17.7. The summed E-state index contributed by atoms with van der Waals surface area (Å²) < 4.78 is 16.4. The molecule has 1 N–H and O–H groups in total. The third-order valence-electron chi connectivity index (χ3n) is 6.92. The van der Waals surface area contributed by atoms with E-state index in [1.54, 1.807) is 0 Å². The van der Waals surface area contributed by atoms with Crippen molar-refractivity contribution in [3.05, 3.63) is 23.8 Å². The van der Waals surface area contributed by atoms with E-state index in [9.17, 15) is 4.79 Å². The molecule has 1 saturated heterocycles. The Hall–Kier alpha value is -1.99. The molecule has 7 heteroatoms. The number of hydrogen-bond donors (Lipinski definition) is 1. The van der Waals surface area contributed by atoms with Crippen molar-refractivity contribution in [1.82, 2.24) is 15.1 Å². The average Bonchev–Trinajstić information content (AvgIpc) is 3.23. The first-order chi connectivity index (χ1) is 14.6. The van der Waals surface area contributed by atoms with E-state index < -0.39 is 0 Å². The molecule has 3 atom stereocenters. The number of hydrogen-bond acceptors (Lipinski definition) is 5. The van der Waals surface area contributed by atoms with Crippen LogP contribution in [0.15, 0.2) is 18.2 Å². The molecule has 2 heterocycles. The number of nitrogens with one attached hydrogen (secondary N) is 1.